The van der Waals surface area contributed by atoms with Crippen LogP contribution in [0, 0.1) is 6.92 Å². The summed E-state index contributed by atoms with van der Waals surface area (Å²) < 4.78 is 2.00. The van der Waals surface area contributed by atoms with E-state index in [1.165, 1.54) is 0 Å². The van der Waals surface area contributed by atoms with E-state index in [2.05, 4.69) is 0 Å². The zero-order chi connectivity index (χ0) is 15.4. The van der Waals surface area contributed by atoms with Gasteiger partial charge in [0.2, 0.25) is 0 Å². The van der Waals surface area contributed by atoms with Crippen LogP contribution in [0.4, 0.5) is 0 Å². The van der Waals surface area contributed by atoms with Gasteiger partial charge in [0.25, 0.3) is 0 Å². The molecule has 0 saturated heterocycles. The van der Waals surface area contributed by atoms with Crippen molar-refractivity contribution < 1.29 is 4.79 Å². The Balaban J connectivity index is 0.000000774. The van der Waals surface area contributed by atoms with Crippen LogP contribution >= 0.6 is 0 Å². The van der Waals surface area contributed by atoms with Crippen molar-refractivity contribution in [2.45, 2.75) is 20.8 Å². The van der Waals surface area contributed by atoms with E-state index in [-0.39, 0.29) is 5.78 Å². The molecule has 2 heteroatoms. The second-order valence-electron chi connectivity index (χ2n) is 4.87. The number of nitrogens with zero attached hydrogens (tertiary/aromatic N) is 1. The van der Waals surface area contributed by atoms with Crippen molar-refractivity contribution in [2.75, 3.05) is 0 Å². The number of aromatic nitrogens is 1. The highest BCUT2D eigenvalue weighted by Crippen LogP contribution is 2.23. The molecule has 0 unspecified atom stereocenters. The Morgan fingerprint density at radius 2 is 1.57 bits per heavy atom. The lowest BCUT2D eigenvalue weighted by molar-refractivity contribution is 0.104. The summed E-state index contributed by atoms with van der Waals surface area (Å²) in [6.07, 6.45) is 1.91. The summed E-state index contributed by atoms with van der Waals surface area (Å²) in [7, 11) is 1.97. The van der Waals surface area contributed by atoms with Crippen molar-refractivity contribution in [1.29, 1.82) is 0 Å². The average molecular weight is 279 g/mol. The molecule has 0 spiro atoms. The van der Waals surface area contributed by atoms with E-state index >= 15 is 0 Å². The molecule has 2 nitrogen and oxygen atoms in total. The second kappa shape index (κ2) is 6.40. The van der Waals surface area contributed by atoms with E-state index in [9.17, 15) is 4.79 Å². The SMILES string of the molecule is CC.Cc1ccc(C(=O)c2cn(C)c3ccccc23)cc1. The lowest BCUT2D eigenvalue weighted by atomic mass is 10.0. The summed E-state index contributed by atoms with van der Waals surface area (Å²) in [5.41, 5.74) is 3.75. The molecule has 0 fully saturated rings. The van der Waals surface area contributed by atoms with Gasteiger partial charge in [0.1, 0.15) is 0 Å². The topological polar surface area (TPSA) is 22.0 Å². The molecule has 21 heavy (non-hydrogen) atoms. The molecule has 3 rings (SSSR count). The molecule has 1 aromatic heterocycles. The Morgan fingerprint density at radius 1 is 0.952 bits per heavy atom. The standard InChI is InChI=1S/C17H15NO.C2H6/c1-12-7-9-13(10-8-12)17(19)15-11-18(2)16-6-4-3-5-14(15)16;1-2/h3-11H,1-2H3;1-2H3. The van der Waals surface area contributed by atoms with Crippen molar-refractivity contribution in [2.24, 2.45) is 7.05 Å². The van der Waals surface area contributed by atoms with Gasteiger partial charge >= 0.3 is 0 Å². The maximum Gasteiger partial charge on any atom is 0.195 e. The number of rotatable bonds is 2. The van der Waals surface area contributed by atoms with E-state index in [1.807, 2.05) is 87.1 Å². The van der Waals surface area contributed by atoms with Gasteiger partial charge in [-0.3, -0.25) is 4.79 Å². The fourth-order valence-corrected chi connectivity index (χ4v) is 2.38. The Labute approximate surface area is 126 Å². The number of hydrogen-bond acceptors (Lipinski definition) is 1. The predicted molar refractivity (Wildman–Crippen MR) is 88.9 cm³/mol. The maximum absolute atomic E-state index is 12.6. The number of carbonyl (C=O) groups is 1. The molecule has 0 N–H and O–H groups in total. The van der Waals surface area contributed by atoms with Crippen LogP contribution in [-0.4, -0.2) is 10.4 Å². The van der Waals surface area contributed by atoms with Crippen molar-refractivity contribution in [3.8, 4) is 0 Å². The number of ketones is 1. The molecule has 0 bridgehead atoms. The summed E-state index contributed by atoms with van der Waals surface area (Å²) in [6, 6.07) is 15.7. The third kappa shape index (κ3) is 2.89. The highest BCUT2D eigenvalue weighted by atomic mass is 16.1. The molecule has 0 atom stereocenters. The number of carbonyl (C=O) groups excluding carboxylic acids is 1. The molecule has 108 valence electrons. The molecule has 0 aliphatic rings. The lowest BCUT2D eigenvalue weighted by Gasteiger charge is -2.00. The summed E-state index contributed by atoms with van der Waals surface area (Å²) in [4.78, 5) is 12.6. The van der Waals surface area contributed by atoms with Gasteiger partial charge in [0.15, 0.2) is 5.78 Å². The van der Waals surface area contributed by atoms with E-state index in [0.717, 1.165) is 27.6 Å². The molecule has 0 radical (unpaired) electrons. The van der Waals surface area contributed by atoms with E-state index in [1.54, 1.807) is 0 Å². The van der Waals surface area contributed by atoms with Crippen molar-refractivity contribution in [1.82, 2.24) is 4.57 Å². The van der Waals surface area contributed by atoms with Gasteiger partial charge in [-0.25, -0.2) is 0 Å². The van der Waals surface area contributed by atoms with Gasteiger partial charge in [-0.1, -0.05) is 61.9 Å². The van der Waals surface area contributed by atoms with Crippen LogP contribution in [0.2, 0.25) is 0 Å². The number of fused-ring (bicyclic) bond motifs is 1. The van der Waals surface area contributed by atoms with Crippen molar-refractivity contribution in [3.63, 3.8) is 0 Å². The third-order valence-electron chi connectivity index (χ3n) is 3.46. The number of hydrogen-bond donors (Lipinski definition) is 0. The van der Waals surface area contributed by atoms with Crippen LogP contribution < -0.4 is 0 Å². The van der Waals surface area contributed by atoms with Gasteiger partial charge in [0.05, 0.1) is 0 Å². The molecule has 0 saturated carbocycles. The minimum absolute atomic E-state index is 0.0804. The van der Waals surface area contributed by atoms with Gasteiger partial charge in [-0.2, -0.15) is 0 Å². The first-order chi connectivity index (χ1) is 10.2. The van der Waals surface area contributed by atoms with Crippen LogP contribution in [0.25, 0.3) is 10.9 Å². The van der Waals surface area contributed by atoms with Crippen LogP contribution in [0.3, 0.4) is 0 Å². The molecular weight excluding hydrogens is 258 g/mol. The molecule has 0 aliphatic heterocycles. The van der Waals surface area contributed by atoms with Gasteiger partial charge in [-0.05, 0) is 13.0 Å². The lowest BCUT2D eigenvalue weighted by Crippen LogP contribution is -2.00. The Hall–Kier alpha value is -2.35. The van der Waals surface area contributed by atoms with Gasteiger partial charge in [-0.15, -0.1) is 0 Å². The fraction of sp³-hybridized carbons (Fsp3) is 0.211. The van der Waals surface area contributed by atoms with Crippen LogP contribution in [0.5, 0.6) is 0 Å². The Bertz CT molecular complexity index is 751. The Kier molecular flexibility index (Phi) is 4.59. The van der Waals surface area contributed by atoms with E-state index < -0.39 is 0 Å². The minimum atomic E-state index is 0.0804. The third-order valence-corrected chi connectivity index (χ3v) is 3.46. The van der Waals surface area contributed by atoms with Gasteiger partial charge < -0.3 is 4.57 Å². The van der Waals surface area contributed by atoms with Crippen molar-refractivity contribution in [3.05, 3.63) is 71.4 Å². The maximum atomic E-state index is 12.6. The monoisotopic (exact) mass is 279 g/mol. The zero-order valence-electron chi connectivity index (χ0n) is 13.1. The molecular formula is C19H21NO. The summed E-state index contributed by atoms with van der Waals surface area (Å²) >= 11 is 0. The van der Waals surface area contributed by atoms with Crippen LogP contribution in [0.15, 0.2) is 54.7 Å². The molecule has 0 aliphatic carbocycles. The van der Waals surface area contributed by atoms with E-state index in [0.29, 0.717) is 0 Å². The van der Waals surface area contributed by atoms with E-state index in [4.69, 9.17) is 0 Å². The zero-order valence-corrected chi connectivity index (χ0v) is 13.1. The average Bonchev–Trinajstić information content (AvgIpc) is 2.87. The Morgan fingerprint density at radius 3 is 2.24 bits per heavy atom. The van der Waals surface area contributed by atoms with Gasteiger partial charge in [0, 0.05) is 35.3 Å². The molecule has 2 aromatic carbocycles. The predicted octanol–water partition coefficient (Wildman–Crippen LogP) is 4.74. The minimum Gasteiger partial charge on any atom is -0.350 e. The highest BCUT2D eigenvalue weighted by Gasteiger charge is 2.14. The molecule has 0 amide bonds. The van der Waals surface area contributed by atoms with Crippen LogP contribution in [-0.2, 0) is 7.05 Å². The fourth-order valence-electron chi connectivity index (χ4n) is 2.38. The largest absolute Gasteiger partial charge is 0.350 e. The first-order valence-corrected chi connectivity index (χ1v) is 7.32. The number of benzene rings is 2. The smallest absolute Gasteiger partial charge is 0.195 e. The summed E-state index contributed by atoms with van der Waals surface area (Å²) in [5, 5.41) is 1.01. The summed E-state index contributed by atoms with van der Waals surface area (Å²) in [5.74, 6) is 0.0804. The molecule has 1 heterocycles. The highest BCUT2D eigenvalue weighted by molar-refractivity contribution is 6.16. The van der Waals surface area contributed by atoms with Crippen LogP contribution in [0.1, 0.15) is 35.3 Å². The summed E-state index contributed by atoms with van der Waals surface area (Å²) in [6.45, 7) is 6.02. The first-order valence-electron chi connectivity index (χ1n) is 7.32. The molecule has 3 aromatic rings. The number of aryl methyl sites for hydroxylation is 2. The normalized spacial score (nSPS) is 10.1. The number of para-hydroxylation sites is 1. The second-order valence-corrected chi connectivity index (χ2v) is 4.87. The quantitative estimate of drug-likeness (QED) is 0.621. The first kappa shape index (κ1) is 15.0. The van der Waals surface area contributed by atoms with Crippen molar-refractivity contribution >= 4 is 16.7 Å².